The number of methoxy groups -OCH3 is 1. The van der Waals surface area contributed by atoms with Crippen LogP contribution in [0, 0.1) is 19.7 Å². The van der Waals surface area contributed by atoms with Gasteiger partial charge in [0.05, 0.1) is 12.7 Å². The van der Waals surface area contributed by atoms with Gasteiger partial charge in [0.1, 0.15) is 6.61 Å². The van der Waals surface area contributed by atoms with Crippen molar-refractivity contribution in [2.45, 2.75) is 59.5 Å². The van der Waals surface area contributed by atoms with E-state index in [0.29, 0.717) is 34.4 Å². The van der Waals surface area contributed by atoms with Crippen molar-refractivity contribution in [2.75, 3.05) is 7.11 Å². The minimum Gasteiger partial charge on any atom is -0.481 e. The Morgan fingerprint density at radius 3 is 2.46 bits per heavy atom. The molecule has 3 heterocycles. The van der Waals surface area contributed by atoms with E-state index in [1.807, 2.05) is 0 Å². The van der Waals surface area contributed by atoms with E-state index < -0.39 is 53.4 Å². The summed E-state index contributed by atoms with van der Waals surface area (Å²) in [5.74, 6) is -3.47. The number of rotatable bonds is 9. The molecule has 0 aliphatic rings. The van der Waals surface area contributed by atoms with Gasteiger partial charge in [0.15, 0.2) is 29.3 Å². The van der Waals surface area contributed by atoms with E-state index in [2.05, 4.69) is 15.1 Å². The number of nitrogens with zero attached hydrogens (tertiary/aromatic N) is 5. The molecule has 0 bridgehead atoms. The summed E-state index contributed by atoms with van der Waals surface area (Å²) in [5, 5.41) is 13.3. The van der Waals surface area contributed by atoms with Crippen LogP contribution in [-0.4, -0.2) is 54.6 Å². The molecule has 3 rings (SSSR count). The van der Waals surface area contributed by atoms with Crippen molar-refractivity contribution in [1.82, 2.24) is 24.3 Å². The molecule has 0 amide bonds. The first kappa shape index (κ1) is 27.8. The van der Waals surface area contributed by atoms with Crippen LogP contribution in [0.25, 0.3) is 5.82 Å². The third-order valence-electron chi connectivity index (χ3n) is 5.73. The molecule has 0 saturated heterocycles. The second kappa shape index (κ2) is 10.7. The second-order valence-electron chi connectivity index (χ2n) is 8.12. The van der Waals surface area contributed by atoms with Crippen molar-refractivity contribution in [2.24, 2.45) is 0 Å². The molecule has 3 aromatic rings. The van der Waals surface area contributed by atoms with Gasteiger partial charge in [0.25, 0.3) is 0 Å². The maximum Gasteiger partial charge on any atom is 0.425 e. The summed E-state index contributed by atoms with van der Waals surface area (Å²) in [7, 11) is 1.39. The summed E-state index contributed by atoms with van der Waals surface area (Å²) in [6.07, 6.45) is -6.11. The van der Waals surface area contributed by atoms with Crippen LogP contribution < -0.4 is 15.2 Å². The fraction of sp³-hybridized carbons (Fsp3) is 0.435. The number of hydrogen-bond acceptors (Lipinski definition) is 8. The molecule has 0 aliphatic heterocycles. The standard InChI is InChI=1S/C23H25F4N5O5/c1-6-31-18(10-33)30-32(22(31)35)19-16(24)7-15(21(29-19)37-13(4)23(25,26)27)17(34)8-14-11(2)9-28-20(36-5)12(14)3/h7,9,13,33H,6,8,10H2,1-5H3/t13-/m0/s1. The van der Waals surface area contributed by atoms with Crippen LogP contribution in [0.5, 0.6) is 11.8 Å². The third-order valence-corrected chi connectivity index (χ3v) is 5.73. The highest BCUT2D eigenvalue weighted by Gasteiger charge is 2.39. The summed E-state index contributed by atoms with van der Waals surface area (Å²) in [4.78, 5) is 33.8. The highest BCUT2D eigenvalue weighted by Crippen LogP contribution is 2.30. The highest BCUT2D eigenvalue weighted by molar-refractivity contribution is 6.00. The Bertz CT molecular complexity index is 1380. The molecule has 10 nitrogen and oxygen atoms in total. The predicted octanol–water partition coefficient (Wildman–Crippen LogP) is 2.86. The van der Waals surface area contributed by atoms with Crippen LogP contribution in [0.15, 0.2) is 17.1 Å². The number of aryl methyl sites for hydroxylation is 1. The number of pyridine rings is 2. The van der Waals surface area contributed by atoms with E-state index in [4.69, 9.17) is 9.47 Å². The van der Waals surface area contributed by atoms with Crippen molar-refractivity contribution in [3.05, 3.63) is 56.6 Å². The minimum atomic E-state index is -4.83. The molecule has 0 aliphatic carbocycles. The summed E-state index contributed by atoms with van der Waals surface area (Å²) < 4.78 is 66.7. The van der Waals surface area contributed by atoms with E-state index in [-0.39, 0.29) is 24.7 Å². The monoisotopic (exact) mass is 527 g/mol. The molecule has 37 heavy (non-hydrogen) atoms. The number of ketones is 1. The largest absolute Gasteiger partial charge is 0.481 e. The molecule has 0 aromatic carbocycles. The maximum atomic E-state index is 15.2. The fourth-order valence-corrected chi connectivity index (χ4v) is 3.63. The Labute approximate surface area is 208 Å². The van der Waals surface area contributed by atoms with Gasteiger partial charge in [-0.05, 0) is 44.9 Å². The van der Waals surface area contributed by atoms with E-state index in [0.717, 1.165) is 4.57 Å². The lowest BCUT2D eigenvalue weighted by Gasteiger charge is -2.19. The van der Waals surface area contributed by atoms with Gasteiger partial charge in [-0.25, -0.2) is 14.2 Å². The first-order valence-corrected chi connectivity index (χ1v) is 11.1. The summed E-state index contributed by atoms with van der Waals surface area (Å²) in [6.45, 7) is 5.04. The second-order valence-corrected chi connectivity index (χ2v) is 8.12. The molecule has 0 radical (unpaired) electrons. The fourth-order valence-electron chi connectivity index (χ4n) is 3.63. The zero-order valence-corrected chi connectivity index (χ0v) is 20.7. The van der Waals surface area contributed by atoms with Gasteiger partial charge < -0.3 is 14.6 Å². The lowest BCUT2D eigenvalue weighted by Crippen LogP contribution is -2.32. The first-order valence-electron chi connectivity index (χ1n) is 11.1. The molecule has 0 unspecified atom stereocenters. The Morgan fingerprint density at radius 2 is 1.92 bits per heavy atom. The number of alkyl halides is 3. The van der Waals surface area contributed by atoms with Crippen LogP contribution in [0.2, 0.25) is 0 Å². The Kier molecular flexibility index (Phi) is 8.00. The molecule has 1 N–H and O–H groups in total. The quantitative estimate of drug-likeness (QED) is 0.333. The van der Waals surface area contributed by atoms with Gasteiger partial charge in [0.2, 0.25) is 11.8 Å². The van der Waals surface area contributed by atoms with Crippen LogP contribution in [0.1, 0.15) is 46.7 Å². The lowest BCUT2D eigenvalue weighted by atomic mass is 9.97. The highest BCUT2D eigenvalue weighted by atomic mass is 19.4. The van der Waals surface area contributed by atoms with Crippen LogP contribution >= 0.6 is 0 Å². The van der Waals surface area contributed by atoms with Crippen LogP contribution in [0.4, 0.5) is 17.6 Å². The molecular formula is C23H25F4N5O5. The number of carbonyl (C=O) groups is 1. The minimum absolute atomic E-state index is 0.0788. The number of aromatic nitrogens is 5. The summed E-state index contributed by atoms with van der Waals surface area (Å²) in [5.41, 5.74) is 0.178. The number of hydrogen-bond donors (Lipinski definition) is 1. The molecule has 0 fully saturated rings. The van der Waals surface area contributed by atoms with Crippen molar-refractivity contribution in [3.63, 3.8) is 0 Å². The number of Topliss-reactive ketones (excluding diaryl/α,β-unsaturated/α-hetero) is 1. The van der Waals surface area contributed by atoms with Gasteiger partial charge >= 0.3 is 11.9 Å². The number of carbonyl (C=O) groups excluding carboxylic acids is 1. The predicted molar refractivity (Wildman–Crippen MR) is 122 cm³/mol. The van der Waals surface area contributed by atoms with Gasteiger partial charge in [-0.2, -0.15) is 22.8 Å². The summed E-state index contributed by atoms with van der Waals surface area (Å²) in [6, 6.07) is 0.655. The SMILES string of the molecule is CCn1c(CO)nn(-c2nc(O[C@@H](C)C(F)(F)F)c(C(=O)Cc3c(C)cnc(OC)c3C)cc2F)c1=O. The maximum absolute atomic E-state index is 15.2. The van der Waals surface area contributed by atoms with Crippen molar-refractivity contribution in [1.29, 1.82) is 0 Å². The molecule has 1 atom stereocenters. The zero-order valence-electron chi connectivity index (χ0n) is 20.7. The number of aliphatic hydroxyl groups is 1. The van der Waals surface area contributed by atoms with E-state index in [1.165, 1.54) is 13.3 Å². The van der Waals surface area contributed by atoms with Crippen molar-refractivity contribution >= 4 is 5.78 Å². The van der Waals surface area contributed by atoms with Crippen LogP contribution in [-0.2, 0) is 19.6 Å². The lowest BCUT2D eigenvalue weighted by molar-refractivity contribution is -0.190. The van der Waals surface area contributed by atoms with Crippen molar-refractivity contribution < 1.29 is 36.9 Å². The van der Waals surface area contributed by atoms with E-state index >= 15 is 4.39 Å². The molecule has 200 valence electrons. The Morgan fingerprint density at radius 1 is 1.24 bits per heavy atom. The van der Waals surface area contributed by atoms with Gasteiger partial charge in [0, 0.05) is 24.7 Å². The smallest absolute Gasteiger partial charge is 0.425 e. The third kappa shape index (κ3) is 5.48. The van der Waals surface area contributed by atoms with E-state index in [1.54, 1.807) is 20.8 Å². The number of aliphatic hydroxyl groups excluding tert-OH is 1. The van der Waals surface area contributed by atoms with Gasteiger partial charge in [-0.1, -0.05) is 0 Å². The normalized spacial score (nSPS) is 12.5. The molecule has 0 spiro atoms. The Balaban J connectivity index is 2.16. The van der Waals surface area contributed by atoms with Crippen LogP contribution in [0.3, 0.4) is 0 Å². The number of ether oxygens (including phenoxy) is 2. The average molecular weight is 527 g/mol. The zero-order chi connectivity index (χ0) is 27.7. The number of halogens is 4. The molecule has 3 aromatic heterocycles. The molecular weight excluding hydrogens is 502 g/mol. The first-order chi connectivity index (χ1) is 17.3. The topological polar surface area (TPSA) is 121 Å². The van der Waals surface area contributed by atoms with Crippen molar-refractivity contribution in [3.8, 4) is 17.6 Å². The van der Waals surface area contributed by atoms with Gasteiger partial charge in [-0.15, -0.1) is 5.10 Å². The summed E-state index contributed by atoms with van der Waals surface area (Å²) >= 11 is 0. The van der Waals surface area contributed by atoms with E-state index in [9.17, 15) is 27.9 Å². The average Bonchev–Trinajstić information content (AvgIpc) is 3.16. The molecule has 0 saturated carbocycles. The van der Waals surface area contributed by atoms with Gasteiger partial charge in [-0.3, -0.25) is 9.36 Å². The molecule has 14 heteroatoms. The Hall–Kier alpha value is -3.81.